The van der Waals surface area contributed by atoms with Gasteiger partial charge in [-0.2, -0.15) is 17.2 Å². The summed E-state index contributed by atoms with van der Waals surface area (Å²) in [5, 5.41) is -3.96. The molecule has 0 heterocycles. The van der Waals surface area contributed by atoms with Gasteiger partial charge in [-0.1, -0.05) is 60.7 Å². The van der Waals surface area contributed by atoms with Crippen LogP contribution >= 0.6 is 0 Å². The lowest BCUT2D eigenvalue weighted by atomic mass is 10.0. The molecule has 212 valence electrons. The van der Waals surface area contributed by atoms with Crippen LogP contribution in [0.5, 0.6) is 11.5 Å². The van der Waals surface area contributed by atoms with Crippen LogP contribution in [0.3, 0.4) is 0 Å². The second kappa shape index (κ2) is 11.8. The van der Waals surface area contributed by atoms with Crippen LogP contribution in [0.4, 0.5) is 8.78 Å². The number of benzene rings is 5. The molecule has 0 saturated heterocycles. The lowest BCUT2D eigenvalue weighted by Crippen LogP contribution is -2.42. The van der Waals surface area contributed by atoms with Gasteiger partial charge in [0, 0.05) is 5.39 Å². The molecule has 0 aliphatic heterocycles. The number of halogens is 2. The topological polar surface area (TPSA) is 89.9 Å². The van der Waals surface area contributed by atoms with Crippen molar-refractivity contribution in [1.82, 2.24) is 0 Å². The number of hydrogen-bond acceptors (Lipinski definition) is 5. The van der Waals surface area contributed by atoms with Crippen molar-refractivity contribution >= 4 is 37.8 Å². The summed E-state index contributed by atoms with van der Waals surface area (Å²) in [6.07, 6.45) is -2.68. The molecule has 0 amide bonds. The lowest BCUT2D eigenvalue weighted by Gasteiger charge is -2.17. The molecule has 5 rings (SSSR count). The molecular weight excluding hydrogens is 582 g/mol. The van der Waals surface area contributed by atoms with Gasteiger partial charge in [0.25, 0.3) is 0 Å². The number of alkyl halides is 2. The molecule has 1 atom stereocenters. The van der Waals surface area contributed by atoms with E-state index in [9.17, 15) is 22.0 Å². The minimum Gasteiger partial charge on any atom is -0.457 e. The standard InChI is InChI=1S/C32H23F2O6S2/c1-22(32(33,34)42(36,37)38)39-31(35)29-16-8-15-28-27(29)14-9-17-30(28)40-23-18-20-26(21-19-23)41(24-10-4-2-5-11-24)25-12-6-3-7-13-25/h2-22H,1H2/q+1/p+1. The molecule has 1 N–H and O–H groups in total. The molecule has 1 unspecified atom stereocenters. The van der Waals surface area contributed by atoms with Crippen LogP contribution in [0.25, 0.3) is 10.8 Å². The van der Waals surface area contributed by atoms with Crippen LogP contribution in [-0.4, -0.2) is 30.3 Å². The summed E-state index contributed by atoms with van der Waals surface area (Å²) in [5.41, 5.74) is -0.108. The van der Waals surface area contributed by atoms with Crippen molar-refractivity contribution in [3.05, 3.63) is 134 Å². The minimum absolute atomic E-state index is 0.108. The lowest BCUT2D eigenvalue weighted by molar-refractivity contribution is -0.0436. The van der Waals surface area contributed by atoms with E-state index in [4.69, 9.17) is 9.29 Å². The molecule has 0 bridgehead atoms. The second-order valence-corrected chi connectivity index (χ2v) is 12.6. The van der Waals surface area contributed by atoms with E-state index < -0.39 is 27.4 Å². The SMILES string of the molecule is [CH2+]C(OC(=O)c1cccc2c(Oc3ccc([S+](c4ccccc4)c4ccccc4)cc3)cccc12)C(F)(F)S(=O)(=O)O. The molecule has 0 aliphatic carbocycles. The van der Waals surface area contributed by atoms with Gasteiger partial charge in [-0.3, -0.25) is 4.55 Å². The molecule has 0 aromatic heterocycles. The number of ether oxygens (including phenoxy) is 2. The van der Waals surface area contributed by atoms with Crippen molar-refractivity contribution in [2.45, 2.75) is 26.0 Å². The van der Waals surface area contributed by atoms with Crippen LogP contribution in [0, 0.1) is 6.92 Å². The summed E-state index contributed by atoms with van der Waals surface area (Å²) >= 11 is 0. The fraction of sp³-hybridized carbons (Fsp3) is 0.0625. The predicted octanol–water partition coefficient (Wildman–Crippen LogP) is 7.57. The van der Waals surface area contributed by atoms with Crippen LogP contribution in [0.2, 0.25) is 0 Å². The van der Waals surface area contributed by atoms with Crippen LogP contribution in [0.1, 0.15) is 10.4 Å². The van der Waals surface area contributed by atoms with E-state index in [1.165, 1.54) is 21.9 Å². The highest BCUT2D eigenvalue weighted by molar-refractivity contribution is 7.97. The third-order valence-corrected chi connectivity index (χ3v) is 9.50. The maximum absolute atomic E-state index is 13.9. The van der Waals surface area contributed by atoms with Gasteiger partial charge in [-0.05, 0) is 66.0 Å². The Morgan fingerprint density at radius 3 is 1.83 bits per heavy atom. The number of rotatable bonds is 9. The van der Waals surface area contributed by atoms with E-state index in [1.54, 1.807) is 24.3 Å². The Morgan fingerprint density at radius 2 is 1.26 bits per heavy atom. The number of carbonyl (C=O) groups is 1. The first-order chi connectivity index (χ1) is 20.1. The summed E-state index contributed by atoms with van der Waals surface area (Å²) in [6.45, 7) is 2.90. The predicted molar refractivity (Wildman–Crippen MR) is 157 cm³/mol. The van der Waals surface area contributed by atoms with E-state index in [2.05, 4.69) is 35.9 Å². The zero-order chi connectivity index (χ0) is 29.9. The van der Waals surface area contributed by atoms with Gasteiger partial charge in [-0.15, -0.1) is 0 Å². The highest BCUT2D eigenvalue weighted by Gasteiger charge is 2.57. The van der Waals surface area contributed by atoms with Gasteiger partial charge in [-0.25, -0.2) is 4.79 Å². The van der Waals surface area contributed by atoms with Gasteiger partial charge < -0.3 is 9.47 Å². The van der Waals surface area contributed by atoms with Crippen molar-refractivity contribution in [2.75, 3.05) is 0 Å². The quantitative estimate of drug-likeness (QED) is 0.0806. The van der Waals surface area contributed by atoms with Gasteiger partial charge >= 0.3 is 27.4 Å². The Bertz CT molecular complexity index is 1770. The zero-order valence-electron chi connectivity index (χ0n) is 21.9. The van der Waals surface area contributed by atoms with Crippen molar-refractivity contribution in [3.63, 3.8) is 0 Å². The first-order valence-corrected chi connectivity index (χ1v) is 15.3. The Morgan fingerprint density at radius 1 is 0.738 bits per heavy atom. The Hall–Kier alpha value is -4.38. The van der Waals surface area contributed by atoms with E-state index in [0.717, 1.165) is 4.90 Å². The number of esters is 1. The first kappa shape index (κ1) is 29.1. The molecule has 10 heteroatoms. The van der Waals surface area contributed by atoms with E-state index in [-0.39, 0.29) is 16.5 Å². The van der Waals surface area contributed by atoms with Crippen LogP contribution in [0.15, 0.2) is 136 Å². The molecule has 0 aliphatic rings. The minimum atomic E-state index is -5.85. The smallest absolute Gasteiger partial charge is 0.448 e. The fourth-order valence-corrected chi connectivity index (χ4v) is 6.73. The van der Waals surface area contributed by atoms with Crippen molar-refractivity contribution < 1.29 is 36.0 Å². The normalized spacial score (nSPS) is 12.7. The molecule has 0 spiro atoms. The Kier molecular flexibility index (Phi) is 8.22. The fourth-order valence-electron chi connectivity index (χ4n) is 4.27. The first-order valence-electron chi connectivity index (χ1n) is 12.6. The van der Waals surface area contributed by atoms with Gasteiger partial charge in [0.1, 0.15) is 18.4 Å². The Balaban J connectivity index is 1.42. The number of carbonyl (C=O) groups excluding carboxylic acids is 1. The molecule has 0 fully saturated rings. The summed E-state index contributed by atoms with van der Waals surface area (Å²) in [4.78, 5) is 16.2. The third kappa shape index (κ3) is 5.96. The molecule has 5 aromatic rings. The average Bonchev–Trinajstić information content (AvgIpc) is 2.98. The van der Waals surface area contributed by atoms with Gasteiger partial charge in [0.05, 0.1) is 16.5 Å². The van der Waals surface area contributed by atoms with E-state index in [0.29, 0.717) is 22.3 Å². The molecule has 42 heavy (non-hydrogen) atoms. The summed E-state index contributed by atoms with van der Waals surface area (Å²) in [7, 11) is -6.18. The average molecular weight is 607 g/mol. The maximum atomic E-state index is 13.9. The van der Waals surface area contributed by atoms with E-state index in [1.807, 2.05) is 60.7 Å². The van der Waals surface area contributed by atoms with Gasteiger partial charge in [0.2, 0.25) is 0 Å². The number of fused-ring (bicyclic) bond motifs is 1. The zero-order valence-corrected chi connectivity index (χ0v) is 23.5. The second-order valence-electron chi connectivity index (χ2n) is 9.09. The maximum Gasteiger partial charge on any atom is 0.448 e. The molecule has 0 radical (unpaired) electrons. The van der Waals surface area contributed by atoms with Crippen molar-refractivity contribution in [3.8, 4) is 11.5 Å². The molecule has 5 aromatic carbocycles. The van der Waals surface area contributed by atoms with Crippen molar-refractivity contribution in [2.24, 2.45) is 0 Å². The Labute approximate surface area is 244 Å². The molecule has 6 nitrogen and oxygen atoms in total. The summed E-state index contributed by atoms with van der Waals surface area (Å²) < 4.78 is 69.4. The monoisotopic (exact) mass is 606 g/mol. The van der Waals surface area contributed by atoms with E-state index >= 15 is 0 Å². The van der Waals surface area contributed by atoms with Crippen LogP contribution < -0.4 is 4.74 Å². The van der Waals surface area contributed by atoms with Crippen LogP contribution in [-0.2, 0) is 25.7 Å². The molecular formula is C32H24F2O6S2+2. The highest BCUT2D eigenvalue weighted by atomic mass is 32.2. The third-order valence-electron chi connectivity index (χ3n) is 6.32. The van der Waals surface area contributed by atoms with Crippen molar-refractivity contribution in [1.29, 1.82) is 0 Å². The highest BCUT2D eigenvalue weighted by Crippen LogP contribution is 2.35. The molecule has 0 saturated carbocycles. The van der Waals surface area contributed by atoms with Gasteiger partial charge in [0.15, 0.2) is 14.7 Å². The largest absolute Gasteiger partial charge is 0.457 e. The number of hydrogen-bond donors (Lipinski definition) is 1. The summed E-state index contributed by atoms with van der Waals surface area (Å²) in [6, 6.07) is 37.5. The summed E-state index contributed by atoms with van der Waals surface area (Å²) in [5.74, 6) is -0.303.